The molecule has 0 saturated carbocycles. The number of phenolic OH excluding ortho intramolecular Hbond substituents is 6. The number of benzene rings is 8. The standard InChI is InChI=1S/C30H16O8.Au/c1-7-3-9(31)19-23-15(7)16-8(2)4-10(32)20-24(16)28-26-18(12(34)6-14(36)22(26)30(20)38)17-11(33)5-13(35)21(29(19)37)25(17)27(23)28;/h3-6,31-36H,1-2H3;. The van der Waals surface area contributed by atoms with Gasteiger partial charge in [-0.1, -0.05) is 0 Å². The first-order valence-electron chi connectivity index (χ1n) is 11.8. The Morgan fingerprint density at radius 3 is 0.923 bits per heavy atom. The molecule has 0 aromatic heterocycles. The second kappa shape index (κ2) is 6.92. The van der Waals surface area contributed by atoms with Crippen molar-refractivity contribution in [2.45, 2.75) is 13.8 Å². The van der Waals surface area contributed by atoms with E-state index in [0.29, 0.717) is 43.4 Å². The van der Waals surface area contributed by atoms with Crippen LogP contribution in [0.5, 0.6) is 34.5 Å². The molecule has 8 aromatic rings. The Bertz CT molecular complexity index is 2180. The van der Waals surface area contributed by atoms with Crippen molar-refractivity contribution in [3.63, 3.8) is 0 Å². The summed E-state index contributed by atoms with van der Waals surface area (Å²) in [5.74, 6) is -2.51. The van der Waals surface area contributed by atoms with E-state index in [1.807, 2.05) is 0 Å². The first-order valence-corrected chi connectivity index (χ1v) is 11.8. The number of rotatable bonds is 0. The minimum Gasteiger partial charge on any atom is -0.507 e. The normalized spacial score (nSPS) is 12.5. The molecule has 0 unspecified atom stereocenters. The zero-order valence-electron chi connectivity index (χ0n) is 20.1. The van der Waals surface area contributed by atoms with Gasteiger partial charge in [-0.15, -0.1) is 0 Å². The van der Waals surface area contributed by atoms with E-state index >= 15 is 0 Å². The molecular formula is C30H16AuO8. The molecule has 8 rings (SSSR count). The van der Waals surface area contributed by atoms with Crippen molar-refractivity contribution in [3.05, 3.63) is 55.8 Å². The Balaban J connectivity index is 0.00000253. The average molecular weight is 701 g/mol. The van der Waals surface area contributed by atoms with Crippen LogP contribution in [0.15, 0.2) is 33.9 Å². The number of hydrogen-bond acceptors (Lipinski definition) is 8. The van der Waals surface area contributed by atoms with Crippen molar-refractivity contribution in [1.82, 2.24) is 0 Å². The second-order valence-electron chi connectivity index (χ2n) is 10.2. The molecule has 195 valence electrons. The van der Waals surface area contributed by atoms with Crippen LogP contribution in [-0.4, -0.2) is 30.6 Å². The minimum atomic E-state index is -0.661. The van der Waals surface area contributed by atoms with Crippen LogP contribution in [0, 0.1) is 13.8 Å². The molecule has 9 heteroatoms. The first kappa shape index (κ1) is 23.6. The number of aryl methyl sites for hydroxylation is 2. The van der Waals surface area contributed by atoms with Gasteiger partial charge in [-0.05, 0) is 47.9 Å². The van der Waals surface area contributed by atoms with Crippen LogP contribution < -0.4 is 10.9 Å². The Labute approximate surface area is 232 Å². The molecule has 0 saturated heterocycles. The molecular weight excluding hydrogens is 685 g/mol. The molecule has 0 aliphatic carbocycles. The quantitative estimate of drug-likeness (QED) is 0.0727. The molecule has 0 atom stereocenters. The summed E-state index contributed by atoms with van der Waals surface area (Å²) in [5.41, 5.74) is -0.112. The molecule has 39 heavy (non-hydrogen) atoms. The van der Waals surface area contributed by atoms with Crippen LogP contribution in [0.25, 0.3) is 75.4 Å². The Kier molecular flexibility index (Phi) is 4.19. The van der Waals surface area contributed by atoms with E-state index in [2.05, 4.69) is 0 Å². The molecule has 0 aliphatic heterocycles. The molecule has 0 aliphatic rings. The van der Waals surface area contributed by atoms with Crippen molar-refractivity contribution in [2.75, 3.05) is 0 Å². The zero-order valence-corrected chi connectivity index (χ0v) is 22.3. The molecule has 1 radical (unpaired) electrons. The van der Waals surface area contributed by atoms with Gasteiger partial charge in [-0.3, -0.25) is 9.59 Å². The largest absolute Gasteiger partial charge is 0.507 e. The number of aromatic hydroxyl groups is 6. The minimum absolute atomic E-state index is 0. The van der Waals surface area contributed by atoms with Gasteiger partial charge in [-0.2, -0.15) is 0 Å². The molecule has 0 heterocycles. The summed E-state index contributed by atoms with van der Waals surface area (Å²) in [6.45, 7) is 3.51. The van der Waals surface area contributed by atoms with Gasteiger partial charge in [0, 0.05) is 77.6 Å². The van der Waals surface area contributed by atoms with Crippen molar-refractivity contribution in [1.29, 1.82) is 0 Å². The van der Waals surface area contributed by atoms with Crippen LogP contribution in [0.2, 0.25) is 0 Å². The third-order valence-corrected chi connectivity index (χ3v) is 8.24. The van der Waals surface area contributed by atoms with Gasteiger partial charge in [0.1, 0.15) is 34.5 Å². The third kappa shape index (κ3) is 2.33. The van der Waals surface area contributed by atoms with E-state index in [1.54, 1.807) is 13.8 Å². The smallest absolute Gasteiger partial charge is 0.201 e. The molecule has 8 aromatic carbocycles. The SMILES string of the molecule is Cc1cc(O)c2c(=O)c3c(O)cc(O)c4c5c(O)cc(O)c6c(=O)c7c(O)cc(C)c8c1c2c(c34)c(c78)c65.[Au]. The van der Waals surface area contributed by atoms with E-state index in [-0.39, 0.29) is 77.0 Å². The fourth-order valence-corrected chi connectivity index (χ4v) is 6.98. The topological polar surface area (TPSA) is 156 Å². The number of fused-ring (bicyclic) bond motifs is 2. The predicted octanol–water partition coefficient (Wildman–Crippen LogP) is 5.08. The zero-order chi connectivity index (χ0) is 26.7. The summed E-state index contributed by atoms with van der Waals surface area (Å²) in [7, 11) is 0. The Hall–Kier alpha value is -4.50. The molecule has 6 N–H and O–H groups in total. The maximum absolute atomic E-state index is 13.9. The molecule has 0 bridgehead atoms. The van der Waals surface area contributed by atoms with E-state index in [0.717, 1.165) is 12.1 Å². The van der Waals surface area contributed by atoms with E-state index in [9.17, 15) is 40.2 Å². The fourth-order valence-electron chi connectivity index (χ4n) is 6.98. The molecule has 0 fully saturated rings. The van der Waals surface area contributed by atoms with Crippen molar-refractivity contribution >= 4 is 75.4 Å². The summed E-state index contributed by atoms with van der Waals surface area (Å²) >= 11 is 0. The van der Waals surface area contributed by atoms with Gasteiger partial charge in [-0.25, -0.2) is 0 Å². The monoisotopic (exact) mass is 701 g/mol. The van der Waals surface area contributed by atoms with Crippen LogP contribution in [0.1, 0.15) is 11.1 Å². The maximum atomic E-state index is 13.9. The maximum Gasteiger partial charge on any atom is 0.201 e. The van der Waals surface area contributed by atoms with Crippen LogP contribution in [0.4, 0.5) is 0 Å². The summed E-state index contributed by atoms with van der Waals surface area (Å²) in [4.78, 5) is 27.8. The summed E-state index contributed by atoms with van der Waals surface area (Å²) < 4.78 is 0. The fraction of sp³-hybridized carbons (Fsp3) is 0.0667. The van der Waals surface area contributed by atoms with Gasteiger partial charge in [0.05, 0.1) is 21.5 Å². The number of hydrogen-bond donors (Lipinski definition) is 6. The average Bonchev–Trinajstić information content (AvgIpc) is 2.82. The van der Waals surface area contributed by atoms with Crippen LogP contribution in [0.3, 0.4) is 0 Å². The van der Waals surface area contributed by atoms with Crippen molar-refractivity contribution in [3.8, 4) is 34.5 Å². The third-order valence-electron chi connectivity index (χ3n) is 8.24. The molecule has 8 nitrogen and oxygen atoms in total. The molecule has 0 amide bonds. The van der Waals surface area contributed by atoms with E-state index < -0.39 is 33.9 Å². The summed E-state index contributed by atoms with van der Waals surface area (Å²) in [6, 6.07) is 4.86. The van der Waals surface area contributed by atoms with Gasteiger partial charge in [0.2, 0.25) is 10.9 Å². The van der Waals surface area contributed by atoms with E-state index in [1.165, 1.54) is 12.1 Å². The van der Waals surface area contributed by atoms with Gasteiger partial charge in [0.25, 0.3) is 0 Å². The van der Waals surface area contributed by atoms with Gasteiger partial charge in [0.15, 0.2) is 0 Å². The Morgan fingerprint density at radius 1 is 0.359 bits per heavy atom. The first-order chi connectivity index (χ1) is 18.0. The Morgan fingerprint density at radius 2 is 0.590 bits per heavy atom. The predicted molar refractivity (Wildman–Crippen MR) is 146 cm³/mol. The van der Waals surface area contributed by atoms with E-state index in [4.69, 9.17) is 0 Å². The summed E-state index contributed by atoms with van der Waals surface area (Å²) in [6.07, 6.45) is 0. The number of phenols is 6. The van der Waals surface area contributed by atoms with Crippen molar-refractivity contribution < 1.29 is 53.0 Å². The van der Waals surface area contributed by atoms with Crippen LogP contribution in [-0.2, 0) is 22.4 Å². The van der Waals surface area contributed by atoms with Crippen LogP contribution >= 0.6 is 0 Å². The second-order valence-corrected chi connectivity index (χ2v) is 10.2. The summed E-state index contributed by atoms with van der Waals surface area (Å²) in [5, 5.41) is 68.4. The molecule has 0 spiro atoms. The van der Waals surface area contributed by atoms with Crippen molar-refractivity contribution in [2.24, 2.45) is 0 Å². The van der Waals surface area contributed by atoms with Gasteiger partial charge >= 0.3 is 0 Å². The van der Waals surface area contributed by atoms with Gasteiger partial charge < -0.3 is 30.6 Å².